The fraction of sp³-hybridized carbons (Fsp3) is 0.462. The highest BCUT2D eigenvalue weighted by molar-refractivity contribution is 5.96. The summed E-state index contributed by atoms with van der Waals surface area (Å²) in [5.74, 6) is -0.0566. The van der Waals surface area contributed by atoms with Gasteiger partial charge >= 0.3 is 0 Å². The van der Waals surface area contributed by atoms with Gasteiger partial charge in [-0.2, -0.15) is 0 Å². The zero-order chi connectivity index (χ0) is 13.2. The summed E-state index contributed by atoms with van der Waals surface area (Å²) in [6.07, 6.45) is 0. The van der Waals surface area contributed by atoms with E-state index < -0.39 is 0 Å². The van der Waals surface area contributed by atoms with Gasteiger partial charge in [0.05, 0.1) is 0 Å². The van der Waals surface area contributed by atoms with Gasteiger partial charge in [0.25, 0.3) is 5.91 Å². The zero-order valence-corrected chi connectivity index (χ0v) is 10.9. The molecule has 1 amide bonds. The molecule has 0 unspecified atom stereocenters. The molecule has 1 rings (SSSR count). The van der Waals surface area contributed by atoms with Crippen LogP contribution in [0.15, 0.2) is 18.2 Å². The topological polar surface area (TPSA) is 72.3 Å². The Kier molecular flexibility index (Phi) is 3.66. The van der Waals surface area contributed by atoms with E-state index in [0.29, 0.717) is 23.5 Å². The van der Waals surface area contributed by atoms with Crippen LogP contribution in [0.1, 0.15) is 31.1 Å². The maximum atomic E-state index is 12.1. The quantitative estimate of drug-likeness (QED) is 0.770. The maximum Gasteiger partial charge on any atom is 0.253 e. The van der Waals surface area contributed by atoms with Crippen LogP contribution >= 0.6 is 0 Å². The van der Waals surface area contributed by atoms with E-state index >= 15 is 0 Å². The van der Waals surface area contributed by atoms with E-state index in [1.54, 1.807) is 30.1 Å². The number of nitrogens with two attached hydrogens (primary N) is 2. The molecule has 1 aromatic carbocycles. The van der Waals surface area contributed by atoms with Crippen LogP contribution in [0.3, 0.4) is 0 Å². The summed E-state index contributed by atoms with van der Waals surface area (Å²) in [6, 6.07) is 4.94. The molecule has 0 bridgehead atoms. The van der Waals surface area contributed by atoms with Crippen molar-refractivity contribution in [2.45, 2.75) is 20.8 Å². The number of carbonyl (C=O) groups excluding carboxylic acids is 1. The number of hydrogen-bond donors (Lipinski definition) is 2. The summed E-state index contributed by atoms with van der Waals surface area (Å²) in [4.78, 5) is 13.8. The first-order valence-electron chi connectivity index (χ1n) is 5.60. The lowest BCUT2D eigenvalue weighted by Crippen LogP contribution is -2.34. The molecule has 0 saturated heterocycles. The van der Waals surface area contributed by atoms with Crippen LogP contribution in [0, 0.1) is 5.41 Å². The zero-order valence-electron chi connectivity index (χ0n) is 10.9. The van der Waals surface area contributed by atoms with Gasteiger partial charge in [-0.05, 0) is 23.6 Å². The van der Waals surface area contributed by atoms with Gasteiger partial charge < -0.3 is 16.4 Å². The largest absolute Gasteiger partial charge is 0.399 e. The lowest BCUT2D eigenvalue weighted by atomic mass is 9.96. The van der Waals surface area contributed by atoms with Crippen LogP contribution in [0.2, 0.25) is 0 Å². The summed E-state index contributed by atoms with van der Waals surface area (Å²) in [5, 5.41) is 0. The molecule has 0 spiro atoms. The average molecular weight is 235 g/mol. The third-order valence-corrected chi connectivity index (χ3v) is 2.28. The van der Waals surface area contributed by atoms with Crippen molar-refractivity contribution in [1.29, 1.82) is 0 Å². The van der Waals surface area contributed by atoms with Crippen LogP contribution in [-0.2, 0) is 0 Å². The van der Waals surface area contributed by atoms with Crippen LogP contribution in [0.25, 0.3) is 0 Å². The van der Waals surface area contributed by atoms with Crippen LogP contribution in [-0.4, -0.2) is 24.4 Å². The summed E-state index contributed by atoms with van der Waals surface area (Å²) in [7, 11) is 1.78. The molecule has 4 nitrogen and oxygen atoms in total. The van der Waals surface area contributed by atoms with E-state index in [1.807, 2.05) is 0 Å². The van der Waals surface area contributed by atoms with Gasteiger partial charge in [0, 0.05) is 30.5 Å². The Bertz CT molecular complexity index is 401. The molecule has 94 valence electrons. The molecule has 0 aliphatic carbocycles. The van der Waals surface area contributed by atoms with Crippen molar-refractivity contribution >= 4 is 17.3 Å². The fourth-order valence-corrected chi connectivity index (χ4v) is 1.80. The number of nitrogens with zero attached hydrogens (tertiary/aromatic N) is 1. The van der Waals surface area contributed by atoms with Crippen LogP contribution in [0.4, 0.5) is 11.4 Å². The number of rotatable bonds is 2. The monoisotopic (exact) mass is 235 g/mol. The van der Waals surface area contributed by atoms with Crippen molar-refractivity contribution in [1.82, 2.24) is 4.90 Å². The molecule has 17 heavy (non-hydrogen) atoms. The first kappa shape index (κ1) is 13.4. The van der Waals surface area contributed by atoms with E-state index in [0.717, 1.165) is 0 Å². The lowest BCUT2D eigenvalue weighted by Gasteiger charge is -2.26. The van der Waals surface area contributed by atoms with Gasteiger partial charge in [-0.25, -0.2) is 0 Å². The number of hydrogen-bond acceptors (Lipinski definition) is 3. The molecule has 0 saturated carbocycles. The van der Waals surface area contributed by atoms with Gasteiger partial charge in [-0.15, -0.1) is 0 Å². The van der Waals surface area contributed by atoms with E-state index in [2.05, 4.69) is 20.8 Å². The van der Waals surface area contributed by atoms with Crippen LogP contribution < -0.4 is 11.5 Å². The van der Waals surface area contributed by atoms with Crippen molar-refractivity contribution in [2.75, 3.05) is 25.1 Å². The van der Waals surface area contributed by atoms with Crippen molar-refractivity contribution in [3.63, 3.8) is 0 Å². The molecule has 0 aliphatic rings. The number of nitrogen functional groups attached to an aromatic ring is 2. The first-order valence-corrected chi connectivity index (χ1v) is 5.60. The predicted molar refractivity (Wildman–Crippen MR) is 71.7 cm³/mol. The predicted octanol–water partition coefficient (Wildman–Crippen LogP) is 1.97. The maximum absolute atomic E-state index is 12.1. The van der Waals surface area contributed by atoms with Gasteiger partial charge in [0.1, 0.15) is 0 Å². The van der Waals surface area contributed by atoms with Crippen molar-refractivity contribution in [3.8, 4) is 0 Å². The Morgan fingerprint density at radius 2 is 1.65 bits per heavy atom. The lowest BCUT2D eigenvalue weighted by molar-refractivity contribution is 0.0746. The summed E-state index contributed by atoms with van der Waals surface area (Å²) < 4.78 is 0. The van der Waals surface area contributed by atoms with Crippen molar-refractivity contribution in [2.24, 2.45) is 5.41 Å². The fourth-order valence-electron chi connectivity index (χ4n) is 1.80. The van der Waals surface area contributed by atoms with E-state index in [1.165, 1.54) is 0 Å². The SMILES string of the molecule is CN(CC(C)(C)C)C(=O)c1cc(N)cc(N)c1. The molecule has 0 fully saturated rings. The van der Waals surface area contributed by atoms with Crippen molar-refractivity contribution < 1.29 is 4.79 Å². The molecule has 0 atom stereocenters. The number of amides is 1. The highest BCUT2D eigenvalue weighted by Crippen LogP contribution is 2.18. The van der Waals surface area contributed by atoms with E-state index in [9.17, 15) is 4.79 Å². The van der Waals surface area contributed by atoms with Gasteiger partial charge in [0.15, 0.2) is 0 Å². The molecule has 4 heteroatoms. The normalized spacial score (nSPS) is 11.3. The van der Waals surface area contributed by atoms with Gasteiger partial charge in [0.2, 0.25) is 0 Å². The second kappa shape index (κ2) is 4.65. The third kappa shape index (κ3) is 3.98. The van der Waals surface area contributed by atoms with E-state index in [-0.39, 0.29) is 11.3 Å². The minimum absolute atomic E-state index is 0.0566. The first-order chi connectivity index (χ1) is 7.69. The molecule has 4 N–H and O–H groups in total. The minimum Gasteiger partial charge on any atom is -0.399 e. The highest BCUT2D eigenvalue weighted by atomic mass is 16.2. The number of carbonyl (C=O) groups is 1. The average Bonchev–Trinajstić information content (AvgIpc) is 2.12. The Balaban J connectivity index is 2.89. The Labute approximate surface area is 103 Å². The minimum atomic E-state index is -0.0566. The third-order valence-electron chi connectivity index (χ3n) is 2.28. The smallest absolute Gasteiger partial charge is 0.253 e. The summed E-state index contributed by atoms with van der Waals surface area (Å²) >= 11 is 0. The molecule has 1 aromatic rings. The molecular weight excluding hydrogens is 214 g/mol. The van der Waals surface area contributed by atoms with Crippen molar-refractivity contribution in [3.05, 3.63) is 23.8 Å². The second-order valence-electron chi connectivity index (χ2n) is 5.61. The summed E-state index contributed by atoms with van der Waals surface area (Å²) in [5.41, 5.74) is 13.0. The van der Waals surface area contributed by atoms with Gasteiger partial charge in [-0.3, -0.25) is 4.79 Å². The molecule has 0 aromatic heterocycles. The summed E-state index contributed by atoms with van der Waals surface area (Å²) in [6.45, 7) is 6.94. The number of benzene rings is 1. The second-order valence-corrected chi connectivity index (χ2v) is 5.61. The van der Waals surface area contributed by atoms with Gasteiger partial charge in [-0.1, -0.05) is 20.8 Å². The molecule has 0 radical (unpaired) electrons. The molecule has 0 aliphatic heterocycles. The molecule has 0 heterocycles. The Hall–Kier alpha value is -1.71. The van der Waals surface area contributed by atoms with E-state index in [4.69, 9.17) is 11.5 Å². The standard InChI is InChI=1S/C13H21N3O/c1-13(2,3)8-16(4)12(17)9-5-10(14)7-11(15)6-9/h5-7H,8,14-15H2,1-4H3. The van der Waals surface area contributed by atoms with Crippen LogP contribution in [0.5, 0.6) is 0 Å². The number of anilines is 2. The Morgan fingerprint density at radius 1 is 1.18 bits per heavy atom. The molecular formula is C13H21N3O. The Morgan fingerprint density at radius 3 is 2.06 bits per heavy atom. The highest BCUT2D eigenvalue weighted by Gasteiger charge is 2.19.